The van der Waals surface area contributed by atoms with Crippen molar-refractivity contribution in [3.8, 4) is 45.0 Å². The fourth-order valence-corrected chi connectivity index (χ4v) is 15.9. The number of rotatable bonds is 10. The van der Waals surface area contributed by atoms with Gasteiger partial charge in [0.15, 0.2) is 0 Å². The van der Waals surface area contributed by atoms with Gasteiger partial charge < -0.3 is 0 Å². The topological polar surface area (TPSA) is 103 Å². The summed E-state index contributed by atoms with van der Waals surface area (Å²) >= 11 is 0. The van der Waals surface area contributed by atoms with Gasteiger partial charge in [0.05, 0.1) is 22.8 Å². The maximum absolute atomic E-state index is 4.95. The Kier molecular flexibility index (Phi) is 45.4. The molecular formula is C124H140N8. The van der Waals surface area contributed by atoms with E-state index >= 15 is 0 Å². The molecule has 8 heterocycles. The van der Waals surface area contributed by atoms with Crippen LogP contribution in [0.25, 0.3) is 131 Å². The number of hydrogen-bond acceptors (Lipinski definition) is 8. The van der Waals surface area contributed by atoms with Crippen LogP contribution in [0.2, 0.25) is 0 Å². The summed E-state index contributed by atoms with van der Waals surface area (Å²) in [6.45, 7) is 49.5. The van der Waals surface area contributed by atoms with Crippen LogP contribution >= 0.6 is 0 Å². The van der Waals surface area contributed by atoms with Gasteiger partial charge in [-0.05, 0) is 281 Å². The van der Waals surface area contributed by atoms with Crippen LogP contribution in [0.4, 0.5) is 0 Å². The molecule has 12 aromatic carbocycles. The second-order valence-electron chi connectivity index (χ2n) is 29.2. The molecule has 0 aliphatic heterocycles. The van der Waals surface area contributed by atoms with Gasteiger partial charge >= 0.3 is 0 Å². The highest BCUT2D eigenvalue weighted by molar-refractivity contribution is 6.09. The van der Waals surface area contributed by atoms with Crippen molar-refractivity contribution < 1.29 is 0 Å². The van der Waals surface area contributed by atoms with Gasteiger partial charge in [0.2, 0.25) is 0 Å². The lowest BCUT2D eigenvalue weighted by molar-refractivity contribution is 1.04. The molecule has 0 N–H and O–H groups in total. The molecule has 0 aliphatic rings. The Labute approximate surface area is 790 Å². The van der Waals surface area contributed by atoms with Crippen molar-refractivity contribution in [2.75, 3.05) is 0 Å². The molecule has 0 fully saturated rings. The number of aryl methyl sites for hydroxylation is 8. The smallest absolute Gasteiger partial charge is 0.0706 e. The third kappa shape index (κ3) is 27.0. The highest BCUT2D eigenvalue weighted by atomic mass is 14.7. The Balaban J connectivity index is 0.000000214. The van der Waals surface area contributed by atoms with Gasteiger partial charge in [-0.25, -0.2) is 0 Å². The van der Waals surface area contributed by atoms with Crippen molar-refractivity contribution in [2.24, 2.45) is 0 Å². The van der Waals surface area contributed by atoms with E-state index in [1.165, 1.54) is 142 Å². The van der Waals surface area contributed by atoms with Gasteiger partial charge in [0, 0.05) is 108 Å². The van der Waals surface area contributed by atoms with Gasteiger partial charge in [0.1, 0.15) is 0 Å². The Morgan fingerprint density at radius 3 is 0.629 bits per heavy atom. The van der Waals surface area contributed by atoms with Gasteiger partial charge in [-0.3, -0.25) is 39.9 Å². The van der Waals surface area contributed by atoms with Crippen LogP contribution in [0.5, 0.6) is 0 Å². The average molecular weight is 1740 g/mol. The summed E-state index contributed by atoms with van der Waals surface area (Å²) in [5.41, 5.74) is 24.0. The van der Waals surface area contributed by atoms with E-state index in [9.17, 15) is 0 Å². The van der Waals surface area contributed by atoms with Crippen LogP contribution in [-0.2, 0) is 25.7 Å². The summed E-state index contributed by atoms with van der Waals surface area (Å²) in [6.07, 6.45) is 22.0. The Morgan fingerprint density at radius 2 is 0.394 bits per heavy atom. The van der Waals surface area contributed by atoms with Gasteiger partial charge in [-0.15, -0.1) is 0 Å². The fourth-order valence-electron chi connectivity index (χ4n) is 15.9. The molecule has 0 saturated heterocycles. The first-order valence-corrected chi connectivity index (χ1v) is 47.9. The number of benzene rings is 12. The molecule has 0 radical (unpaired) electrons. The SMILES string of the molecule is CC.CC.CC.CC.CC.CC.CC.CC.CCc1ccc(-c2ccncc2)nc1.CCc1cccc(-c2ccncc2)n1.Cc1c2ccccc2c(C)c2ccccc12.Cc1c2ccccc2c(C)c2ccccc12.Cc1c2ccccc2c(Cc2ccc(-c3ccncc3)nc2)c2ccccc12.Cc1c2ccccc2c(Cc2cccc(-c3ccncc3)n2)c2ccccc12. The number of pyridine rings is 8. The molecular weight excluding hydrogens is 1600 g/mol. The number of nitrogens with zero attached hydrogens (tertiary/aromatic N) is 8. The summed E-state index contributed by atoms with van der Waals surface area (Å²) in [5.74, 6) is 0. The van der Waals surface area contributed by atoms with E-state index in [0.717, 1.165) is 82.1 Å². The molecule has 8 nitrogen and oxygen atoms in total. The molecule has 20 rings (SSSR count). The predicted octanol–water partition coefficient (Wildman–Crippen LogP) is 35.5. The van der Waals surface area contributed by atoms with Gasteiger partial charge in [0.25, 0.3) is 0 Å². The molecule has 20 aromatic rings. The van der Waals surface area contributed by atoms with Gasteiger partial charge in [-0.2, -0.15) is 0 Å². The molecule has 0 bridgehead atoms. The third-order valence-electron chi connectivity index (χ3n) is 22.2. The first-order chi connectivity index (χ1) is 65.0. The monoisotopic (exact) mass is 1740 g/mol. The minimum atomic E-state index is 0.806. The Bertz CT molecular complexity index is 6310. The minimum absolute atomic E-state index is 0.806. The largest absolute Gasteiger partial charge is 0.265 e. The van der Waals surface area contributed by atoms with Crippen molar-refractivity contribution in [1.82, 2.24) is 39.9 Å². The lowest BCUT2D eigenvalue weighted by atomic mass is 9.89. The van der Waals surface area contributed by atoms with Crippen molar-refractivity contribution in [2.45, 2.75) is 192 Å². The van der Waals surface area contributed by atoms with Crippen molar-refractivity contribution in [3.63, 3.8) is 0 Å². The Morgan fingerprint density at radius 1 is 0.182 bits per heavy atom. The van der Waals surface area contributed by atoms with Crippen molar-refractivity contribution >= 4 is 86.2 Å². The van der Waals surface area contributed by atoms with Crippen LogP contribution in [0.1, 0.15) is 192 Å². The summed E-state index contributed by atoms with van der Waals surface area (Å²) in [5, 5.41) is 21.6. The Hall–Kier alpha value is -14.1. The quantitative estimate of drug-likeness (QED) is 0.125. The summed E-state index contributed by atoms with van der Waals surface area (Å²) in [4.78, 5) is 34.7. The van der Waals surface area contributed by atoms with E-state index in [-0.39, 0.29) is 0 Å². The van der Waals surface area contributed by atoms with E-state index in [4.69, 9.17) is 9.97 Å². The highest BCUT2D eigenvalue weighted by Crippen LogP contribution is 2.38. The predicted molar refractivity (Wildman–Crippen MR) is 579 cm³/mol. The van der Waals surface area contributed by atoms with Crippen LogP contribution in [-0.4, -0.2) is 39.9 Å². The third-order valence-corrected chi connectivity index (χ3v) is 22.2. The average Bonchev–Trinajstić information content (AvgIpc) is 0.750. The highest BCUT2D eigenvalue weighted by Gasteiger charge is 2.16. The zero-order valence-corrected chi connectivity index (χ0v) is 83.0. The molecule has 0 saturated carbocycles. The van der Waals surface area contributed by atoms with Crippen molar-refractivity contribution in [1.29, 1.82) is 0 Å². The minimum Gasteiger partial charge on any atom is -0.265 e. The normalized spacial score (nSPS) is 9.94. The zero-order chi connectivity index (χ0) is 95.7. The molecule has 0 unspecified atom stereocenters. The van der Waals surface area contributed by atoms with Gasteiger partial charge in [-0.1, -0.05) is 343 Å². The van der Waals surface area contributed by atoms with Crippen LogP contribution in [0.3, 0.4) is 0 Å². The van der Waals surface area contributed by atoms with E-state index in [2.05, 4.69) is 316 Å². The summed E-state index contributed by atoms with van der Waals surface area (Å²) < 4.78 is 0. The van der Waals surface area contributed by atoms with Crippen LogP contribution in [0, 0.1) is 41.5 Å². The lowest BCUT2D eigenvalue weighted by Gasteiger charge is -2.15. The number of aromatic nitrogens is 8. The summed E-state index contributed by atoms with van der Waals surface area (Å²) in [6, 6.07) is 106. The molecule has 0 atom stereocenters. The first-order valence-electron chi connectivity index (χ1n) is 47.9. The van der Waals surface area contributed by atoms with E-state index < -0.39 is 0 Å². The second kappa shape index (κ2) is 57.1. The molecule has 676 valence electrons. The van der Waals surface area contributed by atoms with Crippen LogP contribution < -0.4 is 0 Å². The molecule has 0 aliphatic carbocycles. The molecule has 8 heteroatoms. The summed E-state index contributed by atoms with van der Waals surface area (Å²) in [7, 11) is 0. The lowest BCUT2D eigenvalue weighted by Crippen LogP contribution is -1.98. The molecule has 8 aromatic heterocycles. The van der Waals surface area contributed by atoms with Crippen molar-refractivity contribution in [3.05, 3.63) is 432 Å². The molecule has 0 amide bonds. The standard InChI is InChI=1S/2C26H20N2.2C16H14.2C12H12N2.8C2H6/c1-18-21-8-2-4-10-23(21)25(24-11-5-3-9-22(18)24)17-20-7-6-12-26(28-20)19-13-15-27-16-14-19;1-18-21-6-2-4-8-23(21)25(24-9-5-3-7-22(18)24)16-19-10-11-26(28-17-19)20-12-14-27-15-13-20;2*1-11-13-7-3-5-9-15(13)12(2)16-10-6-4-8-14(11)16;1-2-10-3-4-12(14-9-10)11-5-7-13-8-6-11;1-2-11-4-3-5-12(14-11)10-6-8-13-9-7-10;8*1-2/h2-16H,17H2,1H3;2-15,17H,16H2,1H3;2*3-10H,1-2H3;2*3-9H,2H2,1H3;8*1-2H3. The zero-order valence-electron chi connectivity index (χ0n) is 83.0. The maximum Gasteiger partial charge on any atom is 0.0706 e. The fraction of sp³-hybridized carbons (Fsp3) is 0.226. The first kappa shape index (κ1) is 105. The second-order valence-corrected chi connectivity index (χ2v) is 29.2. The van der Waals surface area contributed by atoms with E-state index in [1.807, 2.05) is 208 Å². The van der Waals surface area contributed by atoms with E-state index in [0.29, 0.717) is 0 Å². The number of fused-ring (bicyclic) bond motifs is 8. The molecule has 132 heavy (non-hydrogen) atoms. The molecule has 0 spiro atoms. The van der Waals surface area contributed by atoms with E-state index in [1.54, 1.807) is 37.2 Å². The number of hydrogen-bond donors (Lipinski definition) is 0. The maximum atomic E-state index is 4.95. The van der Waals surface area contributed by atoms with Crippen LogP contribution in [0.15, 0.2) is 365 Å².